The van der Waals surface area contributed by atoms with Gasteiger partial charge >= 0.3 is 0 Å². The number of aromatic nitrogens is 4. The van der Waals surface area contributed by atoms with Gasteiger partial charge in [0.25, 0.3) is 0 Å². The van der Waals surface area contributed by atoms with Crippen molar-refractivity contribution in [2.75, 3.05) is 19.3 Å². The van der Waals surface area contributed by atoms with E-state index in [2.05, 4.69) is 20.0 Å². The van der Waals surface area contributed by atoms with E-state index in [1.165, 1.54) is 6.26 Å². The van der Waals surface area contributed by atoms with E-state index in [0.29, 0.717) is 23.1 Å². The van der Waals surface area contributed by atoms with E-state index in [1.807, 2.05) is 42.8 Å². The van der Waals surface area contributed by atoms with Gasteiger partial charge in [-0.2, -0.15) is 4.98 Å². The van der Waals surface area contributed by atoms with E-state index in [9.17, 15) is 8.42 Å². The van der Waals surface area contributed by atoms with Crippen molar-refractivity contribution in [2.24, 2.45) is 0 Å². The molecule has 0 saturated carbocycles. The van der Waals surface area contributed by atoms with E-state index < -0.39 is 9.84 Å². The Balaban J connectivity index is 1.20. The number of hydrogen-bond acceptors (Lipinski definition) is 8. The zero-order chi connectivity index (χ0) is 23.2. The van der Waals surface area contributed by atoms with Gasteiger partial charge in [-0.15, -0.1) is 0 Å². The molecule has 0 spiro atoms. The standard InChI is InChI=1S/C23H25N5O4S/c1-15(2)23-25-22(32-26-23)14-27-12-18(13-27)31-17-4-7-21(24-11-17)28-9-8-16-10-19(33(3,29)30)5-6-20(16)28/h4-11,15,18H,12-14H2,1-3H3. The quantitative estimate of drug-likeness (QED) is 0.408. The van der Waals surface area contributed by atoms with Gasteiger partial charge in [0.2, 0.25) is 5.89 Å². The molecule has 33 heavy (non-hydrogen) atoms. The fourth-order valence-electron chi connectivity index (χ4n) is 3.81. The van der Waals surface area contributed by atoms with E-state index in [1.54, 1.807) is 24.4 Å². The minimum atomic E-state index is -3.24. The van der Waals surface area contributed by atoms with Crippen molar-refractivity contribution < 1.29 is 17.7 Å². The Morgan fingerprint density at radius 2 is 2.00 bits per heavy atom. The molecule has 0 unspecified atom stereocenters. The summed E-state index contributed by atoms with van der Waals surface area (Å²) in [6.07, 6.45) is 4.89. The molecule has 5 rings (SSSR count). The number of fused-ring (bicyclic) bond motifs is 1. The molecule has 4 aromatic rings. The first-order valence-corrected chi connectivity index (χ1v) is 12.6. The SMILES string of the molecule is CC(C)c1noc(CN2CC(Oc3ccc(-n4ccc5cc(S(C)(=O)=O)ccc54)nc3)C2)n1. The Morgan fingerprint density at radius 1 is 1.18 bits per heavy atom. The van der Waals surface area contributed by atoms with Crippen LogP contribution in [0, 0.1) is 0 Å². The molecule has 0 radical (unpaired) electrons. The summed E-state index contributed by atoms with van der Waals surface area (Å²) in [7, 11) is -3.24. The van der Waals surface area contributed by atoms with Gasteiger partial charge in [-0.3, -0.25) is 4.90 Å². The fourth-order valence-corrected chi connectivity index (χ4v) is 4.47. The molecule has 1 aromatic carbocycles. The molecule has 0 N–H and O–H groups in total. The lowest BCUT2D eigenvalue weighted by Gasteiger charge is -2.37. The molecule has 0 amide bonds. The van der Waals surface area contributed by atoms with Gasteiger partial charge in [0.05, 0.1) is 23.2 Å². The minimum Gasteiger partial charge on any atom is -0.486 e. The Bertz CT molecular complexity index is 1390. The normalized spacial score (nSPS) is 15.3. The summed E-state index contributed by atoms with van der Waals surface area (Å²) in [4.78, 5) is 11.4. The van der Waals surface area contributed by atoms with Gasteiger partial charge in [0, 0.05) is 36.8 Å². The summed E-state index contributed by atoms with van der Waals surface area (Å²) in [6.45, 7) is 6.26. The fraction of sp³-hybridized carbons (Fsp3) is 0.348. The molecule has 3 aromatic heterocycles. The second-order valence-corrected chi connectivity index (χ2v) is 10.7. The van der Waals surface area contributed by atoms with Crippen molar-refractivity contribution in [3.63, 3.8) is 0 Å². The highest BCUT2D eigenvalue weighted by Gasteiger charge is 2.30. The van der Waals surface area contributed by atoms with Gasteiger partial charge in [-0.25, -0.2) is 13.4 Å². The van der Waals surface area contributed by atoms with E-state index in [0.717, 1.165) is 35.6 Å². The number of pyridine rings is 1. The first kappa shape index (κ1) is 21.6. The monoisotopic (exact) mass is 467 g/mol. The molecule has 9 nitrogen and oxygen atoms in total. The molecule has 1 fully saturated rings. The molecule has 1 saturated heterocycles. The summed E-state index contributed by atoms with van der Waals surface area (Å²) < 4.78 is 36.9. The number of ether oxygens (including phenoxy) is 1. The number of sulfone groups is 1. The van der Waals surface area contributed by atoms with Crippen LogP contribution in [0.1, 0.15) is 31.5 Å². The third kappa shape index (κ3) is 4.49. The lowest BCUT2D eigenvalue weighted by molar-refractivity contribution is 0.00843. The van der Waals surface area contributed by atoms with Crippen molar-refractivity contribution in [3.05, 3.63) is 60.5 Å². The third-order valence-corrected chi connectivity index (χ3v) is 6.75. The lowest BCUT2D eigenvalue weighted by Crippen LogP contribution is -2.53. The van der Waals surface area contributed by atoms with E-state index in [-0.39, 0.29) is 12.0 Å². The average molecular weight is 468 g/mol. The summed E-state index contributed by atoms with van der Waals surface area (Å²) in [6, 6.07) is 10.8. The second-order valence-electron chi connectivity index (χ2n) is 8.67. The maximum Gasteiger partial charge on any atom is 0.240 e. The predicted molar refractivity (Wildman–Crippen MR) is 122 cm³/mol. The van der Waals surface area contributed by atoms with Crippen LogP contribution in [0.25, 0.3) is 16.7 Å². The van der Waals surface area contributed by atoms with Crippen LogP contribution in [0.2, 0.25) is 0 Å². The largest absolute Gasteiger partial charge is 0.486 e. The Kier molecular flexibility index (Phi) is 5.41. The van der Waals surface area contributed by atoms with Crippen LogP contribution >= 0.6 is 0 Å². The third-order valence-electron chi connectivity index (χ3n) is 5.64. The Labute approximate surface area is 191 Å². The molecule has 172 valence electrons. The van der Waals surface area contributed by atoms with Crippen molar-refractivity contribution in [2.45, 2.75) is 37.3 Å². The zero-order valence-electron chi connectivity index (χ0n) is 18.7. The second kappa shape index (κ2) is 8.27. The summed E-state index contributed by atoms with van der Waals surface area (Å²) in [5.41, 5.74) is 0.889. The predicted octanol–water partition coefficient (Wildman–Crippen LogP) is 3.20. The van der Waals surface area contributed by atoms with Crippen molar-refractivity contribution in [3.8, 4) is 11.6 Å². The maximum absolute atomic E-state index is 11.8. The van der Waals surface area contributed by atoms with Gasteiger partial charge in [-0.05, 0) is 36.4 Å². The van der Waals surface area contributed by atoms with E-state index >= 15 is 0 Å². The molecule has 10 heteroatoms. The molecular weight excluding hydrogens is 442 g/mol. The van der Waals surface area contributed by atoms with Crippen molar-refractivity contribution >= 4 is 20.7 Å². The van der Waals surface area contributed by atoms with Crippen molar-refractivity contribution in [1.29, 1.82) is 0 Å². The van der Waals surface area contributed by atoms with Crippen molar-refractivity contribution in [1.82, 2.24) is 24.6 Å². The smallest absolute Gasteiger partial charge is 0.240 e. The number of benzene rings is 1. The Hall–Kier alpha value is -3.24. The highest BCUT2D eigenvalue weighted by Crippen LogP contribution is 2.25. The highest BCUT2D eigenvalue weighted by atomic mass is 32.2. The van der Waals surface area contributed by atoms with Crippen LogP contribution in [0.3, 0.4) is 0 Å². The highest BCUT2D eigenvalue weighted by molar-refractivity contribution is 7.90. The summed E-state index contributed by atoms with van der Waals surface area (Å²) >= 11 is 0. The van der Waals surface area contributed by atoms with Crippen LogP contribution < -0.4 is 4.74 Å². The lowest BCUT2D eigenvalue weighted by atomic mass is 10.1. The number of nitrogens with zero attached hydrogens (tertiary/aromatic N) is 5. The summed E-state index contributed by atoms with van der Waals surface area (Å²) in [5.74, 6) is 3.05. The van der Waals surface area contributed by atoms with Crippen LogP contribution in [-0.2, 0) is 16.4 Å². The number of hydrogen-bond donors (Lipinski definition) is 0. The Morgan fingerprint density at radius 3 is 2.67 bits per heavy atom. The van der Waals surface area contributed by atoms with Crippen LogP contribution in [0.4, 0.5) is 0 Å². The number of likely N-dealkylation sites (tertiary alicyclic amines) is 1. The van der Waals surface area contributed by atoms with Gasteiger partial charge < -0.3 is 13.8 Å². The van der Waals surface area contributed by atoms with E-state index in [4.69, 9.17) is 9.26 Å². The minimum absolute atomic E-state index is 0.0898. The van der Waals surface area contributed by atoms with Crippen LogP contribution in [0.5, 0.6) is 5.75 Å². The van der Waals surface area contributed by atoms with Gasteiger partial charge in [-0.1, -0.05) is 19.0 Å². The molecule has 0 aliphatic carbocycles. The molecule has 1 aliphatic heterocycles. The van der Waals surface area contributed by atoms with Gasteiger partial charge in [0.1, 0.15) is 17.7 Å². The number of rotatable bonds is 7. The first-order chi connectivity index (χ1) is 15.8. The van der Waals surface area contributed by atoms with Crippen LogP contribution in [-0.4, -0.2) is 58.5 Å². The average Bonchev–Trinajstić information content (AvgIpc) is 3.39. The maximum atomic E-state index is 11.8. The molecule has 0 bridgehead atoms. The molecule has 0 atom stereocenters. The zero-order valence-corrected chi connectivity index (χ0v) is 19.5. The van der Waals surface area contributed by atoms with Crippen LogP contribution in [0.15, 0.2) is 58.2 Å². The molecule has 1 aliphatic rings. The topological polar surface area (TPSA) is 103 Å². The first-order valence-electron chi connectivity index (χ1n) is 10.8. The summed E-state index contributed by atoms with van der Waals surface area (Å²) in [5, 5.41) is 4.84. The molecular formula is C23H25N5O4S. The molecule has 4 heterocycles. The van der Waals surface area contributed by atoms with Gasteiger partial charge in [0.15, 0.2) is 15.7 Å².